The van der Waals surface area contributed by atoms with E-state index in [1.54, 1.807) is 14.2 Å². The van der Waals surface area contributed by atoms with Crippen molar-refractivity contribution in [2.45, 2.75) is 50.9 Å². The molecule has 2 saturated heterocycles. The summed E-state index contributed by atoms with van der Waals surface area (Å²) >= 11 is 0. The van der Waals surface area contributed by atoms with Crippen molar-refractivity contribution in [1.82, 2.24) is 9.80 Å². The number of rotatable bonds is 9. The zero-order valence-electron chi connectivity index (χ0n) is 17.4. The van der Waals surface area contributed by atoms with Crippen molar-refractivity contribution in [3.8, 4) is 11.5 Å². The number of hydrogen-bond donors (Lipinski definition) is 1. The highest BCUT2D eigenvalue weighted by Gasteiger charge is 2.20. The Morgan fingerprint density at radius 1 is 1.00 bits per heavy atom. The standard InChI is InChI=1S/C22H36N2O4/c1-26-20-8-12-24(13-9-20)15-18-6-7-21(27-2)22(14-18)28-17-19(25)16-23-10-4-3-5-11-23/h6-7,14,19-20,25H,3-5,8-13,15-17H2,1-2H3. The van der Waals surface area contributed by atoms with E-state index in [0.717, 1.165) is 45.6 Å². The van der Waals surface area contributed by atoms with Crippen LogP contribution in [-0.2, 0) is 11.3 Å². The summed E-state index contributed by atoms with van der Waals surface area (Å²) in [6.07, 6.45) is 5.83. The molecule has 2 aliphatic rings. The number of nitrogens with zero attached hydrogens (tertiary/aromatic N) is 2. The molecule has 2 heterocycles. The van der Waals surface area contributed by atoms with Gasteiger partial charge in [-0.3, -0.25) is 4.90 Å². The lowest BCUT2D eigenvalue weighted by molar-refractivity contribution is 0.0388. The van der Waals surface area contributed by atoms with Crippen LogP contribution in [0.3, 0.4) is 0 Å². The van der Waals surface area contributed by atoms with Crippen LogP contribution in [0.15, 0.2) is 18.2 Å². The maximum Gasteiger partial charge on any atom is 0.161 e. The molecule has 1 unspecified atom stereocenters. The Morgan fingerprint density at radius 3 is 2.43 bits per heavy atom. The molecule has 0 spiro atoms. The van der Waals surface area contributed by atoms with E-state index in [1.165, 1.54) is 24.8 Å². The molecule has 2 aliphatic heterocycles. The molecular weight excluding hydrogens is 356 g/mol. The number of likely N-dealkylation sites (tertiary alicyclic amines) is 2. The second-order valence-electron chi connectivity index (χ2n) is 8.02. The third-order valence-corrected chi connectivity index (χ3v) is 5.85. The van der Waals surface area contributed by atoms with Crippen LogP contribution in [0.4, 0.5) is 0 Å². The number of benzene rings is 1. The van der Waals surface area contributed by atoms with Crippen LogP contribution < -0.4 is 9.47 Å². The molecule has 6 nitrogen and oxygen atoms in total. The molecule has 1 aromatic rings. The maximum atomic E-state index is 10.4. The van der Waals surface area contributed by atoms with Crippen LogP contribution >= 0.6 is 0 Å². The van der Waals surface area contributed by atoms with E-state index < -0.39 is 6.10 Å². The van der Waals surface area contributed by atoms with E-state index in [-0.39, 0.29) is 6.61 Å². The van der Waals surface area contributed by atoms with E-state index in [2.05, 4.69) is 21.9 Å². The van der Waals surface area contributed by atoms with E-state index in [1.807, 2.05) is 6.07 Å². The van der Waals surface area contributed by atoms with Gasteiger partial charge in [-0.05, 0) is 56.5 Å². The topological polar surface area (TPSA) is 54.4 Å². The molecule has 0 amide bonds. The minimum Gasteiger partial charge on any atom is -0.493 e. The molecule has 2 fully saturated rings. The molecule has 28 heavy (non-hydrogen) atoms. The van der Waals surface area contributed by atoms with Gasteiger partial charge in [0, 0.05) is 33.3 Å². The van der Waals surface area contributed by atoms with E-state index in [0.29, 0.717) is 24.1 Å². The van der Waals surface area contributed by atoms with E-state index in [9.17, 15) is 5.11 Å². The molecule has 1 N–H and O–H groups in total. The fourth-order valence-electron chi connectivity index (χ4n) is 4.17. The second kappa shape index (κ2) is 11.0. The van der Waals surface area contributed by atoms with Gasteiger partial charge in [0.15, 0.2) is 11.5 Å². The van der Waals surface area contributed by atoms with Crippen molar-refractivity contribution in [3.63, 3.8) is 0 Å². The molecule has 1 aromatic carbocycles. The van der Waals surface area contributed by atoms with Crippen LogP contribution in [0.25, 0.3) is 0 Å². The third-order valence-electron chi connectivity index (χ3n) is 5.85. The van der Waals surface area contributed by atoms with Crippen molar-refractivity contribution in [2.75, 3.05) is 53.6 Å². The zero-order valence-corrected chi connectivity index (χ0v) is 17.4. The van der Waals surface area contributed by atoms with Crippen LogP contribution in [-0.4, -0.2) is 80.7 Å². The number of ether oxygens (including phenoxy) is 3. The van der Waals surface area contributed by atoms with Gasteiger partial charge in [-0.25, -0.2) is 0 Å². The quantitative estimate of drug-likeness (QED) is 0.697. The molecule has 0 radical (unpaired) electrons. The molecule has 0 aromatic heterocycles. The van der Waals surface area contributed by atoms with Gasteiger partial charge >= 0.3 is 0 Å². The molecule has 1 atom stereocenters. The monoisotopic (exact) mass is 392 g/mol. The Balaban J connectivity index is 1.52. The summed E-state index contributed by atoms with van der Waals surface area (Å²) in [5, 5.41) is 10.4. The SMILES string of the molecule is COc1ccc(CN2CCC(OC)CC2)cc1OCC(O)CN1CCCCC1. The van der Waals surface area contributed by atoms with Crippen molar-refractivity contribution in [3.05, 3.63) is 23.8 Å². The Bertz CT molecular complexity index is 584. The third kappa shape index (κ3) is 6.34. The molecule has 3 rings (SSSR count). The molecule has 0 saturated carbocycles. The fraction of sp³-hybridized carbons (Fsp3) is 0.727. The lowest BCUT2D eigenvalue weighted by Gasteiger charge is -2.31. The number of aliphatic hydroxyl groups is 1. The molecule has 0 bridgehead atoms. The van der Waals surface area contributed by atoms with Crippen molar-refractivity contribution in [1.29, 1.82) is 0 Å². The largest absolute Gasteiger partial charge is 0.493 e. The minimum absolute atomic E-state index is 0.287. The van der Waals surface area contributed by atoms with Crippen molar-refractivity contribution in [2.24, 2.45) is 0 Å². The van der Waals surface area contributed by atoms with Crippen LogP contribution in [0.1, 0.15) is 37.7 Å². The van der Waals surface area contributed by atoms with Crippen molar-refractivity contribution < 1.29 is 19.3 Å². The predicted octanol–water partition coefficient (Wildman–Crippen LogP) is 2.53. The summed E-state index contributed by atoms with van der Waals surface area (Å²) in [7, 11) is 3.45. The van der Waals surface area contributed by atoms with Crippen LogP contribution in [0.2, 0.25) is 0 Å². The Labute approximate surface area is 169 Å². The smallest absolute Gasteiger partial charge is 0.161 e. The predicted molar refractivity (Wildman–Crippen MR) is 110 cm³/mol. The number of β-amino-alcohol motifs (C(OH)–C–C–N with tert-alkyl or cyclic N) is 1. The summed E-state index contributed by atoms with van der Waals surface area (Å²) < 4.78 is 16.9. The van der Waals surface area contributed by atoms with Crippen LogP contribution in [0.5, 0.6) is 11.5 Å². The summed E-state index contributed by atoms with van der Waals surface area (Å²) in [6.45, 7) is 6.12. The lowest BCUT2D eigenvalue weighted by atomic mass is 10.1. The molecule has 158 valence electrons. The first-order valence-electron chi connectivity index (χ1n) is 10.6. The normalized spacial score (nSPS) is 20.8. The van der Waals surface area contributed by atoms with Gasteiger partial charge in [-0.15, -0.1) is 0 Å². The molecule has 6 heteroatoms. The number of piperidine rings is 2. The first kappa shape index (κ1) is 21.4. The number of aliphatic hydroxyl groups excluding tert-OH is 1. The van der Waals surface area contributed by atoms with Gasteiger partial charge in [0.1, 0.15) is 12.7 Å². The summed E-state index contributed by atoms with van der Waals surface area (Å²) in [6, 6.07) is 6.11. The first-order valence-corrected chi connectivity index (χ1v) is 10.6. The average Bonchev–Trinajstić information content (AvgIpc) is 2.73. The summed E-state index contributed by atoms with van der Waals surface area (Å²) in [5.74, 6) is 1.43. The van der Waals surface area contributed by atoms with Crippen molar-refractivity contribution >= 4 is 0 Å². The number of hydrogen-bond acceptors (Lipinski definition) is 6. The molecule has 0 aliphatic carbocycles. The first-order chi connectivity index (χ1) is 13.7. The Kier molecular flexibility index (Phi) is 8.40. The van der Waals surface area contributed by atoms with Gasteiger partial charge in [0.25, 0.3) is 0 Å². The van der Waals surface area contributed by atoms with Gasteiger partial charge in [-0.1, -0.05) is 12.5 Å². The Morgan fingerprint density at radius 2 is 1.75 bits per heavy atom. The van der Waals surface area contributed by atoms with Gasteiger partial charge in [-0.2, -0.15) is 0 Å². The molecular formula is C22H36N2O4. The average molecular weight is 393 g/mol. The van der Waals surface area contributed by atoms with E-state index >= 15 is 0 Å². The highest BCUT2D eigenvalue weighted by molar-refractivity contribution is 5.43. The fourth-order valence-corrected chi connectivity index (χ4v) is 4.17. The van der Waals surface area contributed by atoms with E-state index in [4.69, 9.17) is 14.2 Å². The zero-order chi connectivity index (χ0) is 19.8. The van der Waals surface area contributed by atoms with Gasteiger partial charge in [0.05, 0.1) is 13.2 Å². The summed E-state index contributed by atoms with van der Waals surface area (Å²) in [5.41, 5.74) is 1.21. The van der Waals surface area contributed by atoms with Gasteiger partial charge in [0.2, 0.25) is 0 Å². The van der Waals surface area contributed by atoms with Crippen LogP contribution in [0, 0.1) is 0 Å². The number of methoxy groups -OCH3 is 2. The Hall–Kier alpha value is -1.34. The highest BCUT2D eigenvalue weighted by atomic mass is 16.5. The maximum absolute atomic E-state index is 10.4. The second-order valence-corrected chi connectivity index (χ2v) is 8.02. The minimum atomic E-state index is -0.487. The highest BCUT2D eigenvalue weighted by Crippen LogP contribution is 2.29. The lowest BCUT2D eigenvalue weighted by Crippen LogP contribution is -2.38. The summed E-state index contributed by atoms with van der Waals surface area (Å²) in [4.78, 5) is 4.78. The van der Waals surface area contributed by atoms with Gasteiger partial charge < -0.3 is 24.2 Å².